The van der Waals surface area contributed by atoms with Gasteiger partial charge in [0.25, 0.3) is 0 Å². The highest BCUT2D eigenvalue weighted by Gasteiger charge is 2.26. The third-order valence-electron chi connectivity index (χ3n) is 5.35. The summed E-state index contributed by atoms with van der Waals surface area (Å²) in [6.45, 7) is 1.68. The Balaban J connectivity index is 1.64. The fraction of sp³-hybridized carbons (Fsp3) is 0.200. The minimum Gasteiger partial charge on any atom is -0.497 e. The Morgan fingerprint density at radius 3 is 2.53 bits per heavy atom. The molecule has 4 rings (SSSR count). The van der Waals surface area contributed by atoms with Gasteiger partial charge >= 0.3 is 0 Å². The third kappa shape index (κ3) is 6.10. The molecule has 0 saturated heterocycles. The van der Waals surface area contributed by atoms with Crippen LogP contribution >= 0.6 is 35.0 Å². The van der Waals surface area contributed by atoms with Crippen LogP contribution < -0.4 is 9.47 Å². The molecule has 11 heteroatoms. The van der Waals surface area contributed by atoms with Crippen LogP contribution in [0.1, 0.15) is 22.2 Å². The van der Waals surface area contributed by atoms with Crippen molar-refractivity contribution in [1.82, 2.24) is 14.8 Å². The topological polar surface area (TPSA) is 92.3 Å². The minimum absolute atomic E-state index is 0.185. The maximum atomic E-state index is 11.6. The second-order valence-corrected chi connectivity index (χ2v) is 9.76. The smallest absolute Gasteiger partial charge is 0.220 e. The number of aryl methyl sites for hydroxylation is 1. The monoisotopic (exact) mass is 544 g/mol. The first-order valence-corrected chi connectivity index (χ1v) is 12.5. The van der Waals surface area contributed by atoms with Crippen LogP contribution in [0.4, 0.5) is 0 Å². The number of hydrogen-bond acceptors (Lipinski definition) is 7. The summed E-state index contributed by atoms with van der Waals surface area (Å²) < 4.78 is 13.2. The lowest BCUT2D eigenvalue weighted by Crippen LogP contribution is -2.12. The maximum absolute atomic E-state index is 11.6. The second kappa shape index (κ2) is 11.6. The Labute approximate surface area is 222 Å². The van der Waals surface area contributed by atoms with E-state index in [1.54, 1.807) is 31.4 Å². The molecule has 0 bridgehead atoms. The molecule has 0 unspecified atom stereocenters. The Hall–Kier alpha value is -3.27. The number of nitrogens with zero attached hydrogens (tertiary/aromatic N) is 4. The van der Waals surface area contributed by atoms with Crippen molar-refractivity contribution in [3.63, 3.8) is 0 Å². The predicted octanol–water partition coefficient (Wildman–Crippen LogP) is 6.58. The van der Waals surface area contributed by atoms with E-state index in [0.717, 1.165) is 17.0 Å². The van der Waals surface area contributed by atoms with Gasteiger partial charge < -0.3 is 9.47 Å². The average molecular weight is 545 g/mol. The highest BCUT2D eigenvalue weighted by atomic mass is 35.5. The van der Waals surface area contributed by atoms with E-state index >= 15 is 0 Å². The normalized spacial score (nSPS) is 11.8. The van der Waals surface area contributed by atoms with Gasteiger partial charge in [0.1, 0.15) is 29.2 Å². The zero-order valence-corrected chi connectivity index (χ0v) is 21.8. The number of methoxy groups -OCH3 is 1. The largest absolute Gasteiger partial charge is 0.497 e. The van der Waals surface area contributed by atoms with E-state index < -0.39 is 5.25 Å². The highest BCUT2D eigenvalue weighted by Crippen LogP contribution is 2.40. The molecule has 8 nitrogen and oxygen atoms in total. The molecule has 186 valence electrons. The lowest BCUT2D eigenvalue weighted by molar-refractivity contribution is -0.479. The maximum Gasteiger partial charge on any atom is 0.220 e. The number of hydrogen-bond donors (Lipinski definition) is 0. The van der Waals surface area contributed by atoms with E-state index in [1.165, 1.54) is 11.8 Å². The standard InChI is InChI=1S/C25H22Cl2N4O4S/c1-16-28-29-25(31(16)19-9-11-20(34-2)12-10-19)36-24(14-30(32)33)21-5-3-4-6-23(21)35-15-17-7-8-18(26)13-22(17)27/h3-13,24H,14-15H2,1-2H3/t24-/m0/s1. The van der Waals surface area contributed by atoms with Crippen molar-refractivity contribution in [3.8, 4) is 17.2 Å². The summed E-state index contributed by atoms with van der Waals surface area (Å²) in [7, 11) is 1.60. The van der Waals surface area contributed by atoms with Crippen molar-refractivity contribution in [2.45, 2.75) is 23.9 Å². The average Bonchev–Trinajstić information content (AvgIpc) is 3.22. The van der Waals surface area contributed by atoms with Gasteiger partial charge in [-0.3, -0.25) is 14.7 Å². The Kier molecular flexibility index (Phi) is 8.35. The van der Waals surface area contributed by atoms with Crippen LogP contribution in [-0.2, 0) is 6.61 Å². The van der Waals surface area contributed by atoms with E-state index in [4.69, 9.17) is 32.7 Å². The molecular weight excluding hydrogens is 523 g/mol. The lowest BCUT2D eigenvalue weighted by Gasteiger charge is -2.18. The lowest BCUT2D eigenvalue weighted by atomic mass is 10.1. The molecule has 0 aliphatic rings. The molecule has 1 atom stereocenters. The van der Waals surface area contributed by atoms with Gasteiger partial charge in [-0.15, -0.1) is 10.2 Å². The van der Waals surface area contributed by atoms with E-state index in [-0.39, 0.29) is 18.1 Å². The van der Waals surface area contributed by atoms with Gasteiger partial charge in [-0.25, -0.2) is 0 Å². The van der Waals surface area contributed by atoms with Gasteiger partial charge in [0.15, 0.2) is 5.16 Å². The molecule has 3 aromatic carbocycles. The summed E-state index contributed by atoms with van der Waals surface area (Å²) in [5.74, 6) is 1.90. The van der Waals surface area contributed by atoms with Crippen LogP contribution in [-0.4, -0.2) is 33.3 Å². The van der Waals surface area contributed by atoms with Gasteiger partial charge in [-0.2, -0.15) is 0 Å². The molecule has 1 aromatic heterocycles. The van der Waals surface area contributed by atoms with Gasteiger partial charge in [0.2, 0.25) is 6.54 Å². The molecule has 0 aliphatic heterocycles. The van der Waals surface area contributed by atoms with Crippen LogP contribution in [0.3, 0.4) is 0 Å². The van der Waals surface area contributed by atoms with Crippen LogP contribution in [0.15, 0.2) is 71.9 Å². The molecule has 0 N–H and O–H groups in total. The van der Waals surface area contributed by atoms with Crippen LogP contribution in [0.5, 0.6) is 11.5 Å². The predicted molar refractivity (Wildman–Crippen MR) is 140 cm³/mol. The van der Waals surface area contributed by atoms with Crippen LogP contribution in [0, 0.1) is 17.0 Å². The van der Waals surface area contributed by atoms with E-state index in [9.17, 15) is 10.1 Å². The Morgan fingerprint density at radius 2 is 1.83 bits per heavy atom. The van der Waals surface area contributed by atoms with Gasteiger partial charge in [-0.1, -0.05) is 59.2 Å². The number of halogens is 2. The number of nitro groups is 1. The van der Waals surface area contributed by atoms with Gasteiger partial charge in [-0.05, 0) is 49.4 Å². The zero-order valence-electron chi connectivity index (χ0n) is 19.4. The fourth-order valence-corrected chi connectivity index (χ4v) is 5.25. The highest BCUT2D eigenvalue weighted by molar-refractivity contribution is 7.99. The first-order chi connectivity index (χ1) is 17.4. The van der Waals surface area contributed by atoms with Crippen molar-refractivity contribution < 1.29 is 14.4 Å². The summed E-state index contributed by atoms with van der Waals surface area (Å²) in [6.07, 6.45) is 0. The molecule has 0 radical (unpaired) electrons. The Morgan fingerprint density at radius 1 is 1.08 bits per heavy atom. The number of ether oxygens (including phenoxy) is 2. The number of rotatable bonds is 10. The molecule has 0 fully saturated rings. The van der Waals surface area contributed by atoms with Crippen LogP contribution in [0.2, 0.25) is 10.0 Å². The van der Waals surface area contributed by atoms with Crippen molar-refractivity contribution in [2.75, 3.05) is 13.7 Å². The number of thioether (sulfide) groups is 1. The zero-order chi connectivity index (χ0) is 25.7. The fourth-order valence-electron chi connectivity index (χ4n) is 3.58. The van der Waals surface area contributed by atoms with Gasteiger partial charge in [0, 0.05) is 31.8 Å². The molecule has 36 heavy (non-hydrogen) atoms. The van der Waals surface area contributed by atoms with Crippen LogP contribution in [0.25, 0.3) is 5.69 Å². The molecular formula is C25H22Cl2N4O4S. The van der Waals surface area contributed by atoms with E-state index in [0.29, 0.717) is 32.3 Å². The second-order valence-electron chi connectivity index (χ2n) is 7.75. The summed E-state index contributed by atoms with van der Waals surface area (Å²) in [5.41, 5.74) is 2.25. The summed E-state index contributed by atoms with van der Waals surface area (Å²) >= 11 is 13.5. The van der Waals surface area contributed by atoms with E-state index in [1.807, 2.05) is 54.0 Å². The minimum atomic E-state index is -0.586. The summed E-state index contributed by atoms with van der Waals surface area (Å²) in [6, 6.07) is 19.9. The number of benzene rings is 3. The SMILES string of the molecule is COc1ccc(-n2c(C)nnc2S[C@@H](C[N+](=O)[O-])c2ccccc2OCc2ccc(Cl)cc2Cl)cc1. The van der Waals surface area contributed by atoms with Crippen molar-refractivity contribution in [3.05, 3.63) is 104 Å². The van der Waals surface area contributed by atoms with Gasteiger partial charge in [0.05, 0.1) is 7.11 Å². The summed E-state index contributed by atoms with van der Waals surface area (Å²) in [4.78, 5) is 11.3. The molecule has 1 heterocycles. The molecule has 0 saturated carbocycles. The summed E-state index contributed by atoms with van der Waals surface area (Å²) in [5, 5.41) is 21.1. The molecule has 4 aromatic rings. The van der Waals surface area contributed by atoms with Crippen molar-refractivity contribution >= 4 is 35.0 Å². The van der Waals surface area contributed by atoms with Crippen molar-refractivity contribution in [1.29, 1.82) is 0 Å². The number of para-hydroxylation sites is 1. The molecule has 0 spiro atoms. The quantitative estimate of drug-likeness (QED) is 0.126. The first kappa shape index (κ1) is 25.8. The number of aromatic nitrogens is 3. The first-order valence-electron chi connectivity index (χ1n) is 10.9. The molecule has 0 aliphatic carbocycles. The van der Waals surface area contributed by atoms with Crippen molar-refractivity contribution in [2.24, 2.45) is 0 Å². The molecule has 0 amide bonds. The Bertz CT molecular complexity index is 1360. The third-order valence-corrected chi connectivity index (χ3v) is 7.10. The van der Waals surface area contributed by atoms with E-state index in [2.05, 4.69) is 10.2 Å².